The fourth-order valence-electron chi connectivity index (χ4n) is 10.5. The van der Waals surface area contributed by atoms with Gasteiger partial charge in [0.1, 0.15) is 0 Å². The van der Waals surface area contributed by atoms with Crippen LogP contribution in [0.4, 0.5) is 0 Å². The molecule has 1 saturated heterocycles. The minimum atomic E-state index is -2.83. The molecule has 60 heavy (non-hydrogen) atoms. The summed E-state index contributed by atoms with van der Waals surface area (Å²) in [5.74, 6) is 0. The number of fused-ring (bicyclic) bond motifs is 2. The molecule has 4 aromatic carbocycles. The molecule has 322 valence electrons. The van der Waals surface area contributed by atoms with E-state index in [1.54, 1.807) is 22.3 Å². The van der Waals surface area contributed by atoms with Crippen LogP contribution in [-0.2, 0) is 38.2 Å². The van der Waals surface area contributed by atoms with Gasteiger partial charge < -0.3 is 24.8 Å². The van der Waals surface area contributed by atoms with Gasteiger partial charge >= 0.3 is 361 Å². The normalized spacial score (nSPS) is 18.5. The molecule has 0 saturated carbocycles. The Morgan fingerprint density at radius 3 is 0.933 bits per heavy atom. The van der Waals surface area contributed by atoms with E-state index in [1.165, 1.54) is 71.5 Å². The number of rotatable bonds is 4. The molecule has 0 bridgehead atoms. The van der Waals surface area contributed by atoms with Gasteiger partial charge in [0.2, 0.25) is 0 Å². The quantitative estimate of drug-likeness (QED) is 0.179. The van der Waals surface area contributed by atoms with Crippen LogP contribution in [0, 0.1) is 10.8 Å². The molecule has 0 N–H and O–H groups in total. The van der Waals surface area contributed by atoms with Crippen LogP contribution >= 0.6 is 0 Å². The maximum atomic E-state index is 2.71. The Bertz CT molecular complexity index is 2100. The van der Waals surface area contributed by atoms with Gasteiger partial charge in [-0.15, -0.1) is 0 Å². The molecule has 2 aliphatic carbocycles. The molecule has 2 atom stereocenters. The SMILES string of the molecule is CC(C)(C)C1=Cc2c(-c3cc(C(C)(C)C)cc(C(C)(C)C)c3)cccc2[CH]1[Ti+2]1([CH]2C(C(C)(C)C)=Cc3c(-c4cc(C(C)(C)C)cc(C(C)(C)C)c4)cccc32)[CH2]C[CH2]1.[Cl-].[Cl-]. The van der Waals surface area contributed by atoms with E-state index in [2.05, 4.69) is 210 Å². The van der Waals surface area contributed by atoms with E-state index in [0.29, 0.717) is 8.45 Å². The minimum absolute atomic E-state index is 0. The molecular formula is C57H76Cl2Ti. The van der Waals surface area contributed by atoms with Gasteiger partial charge in [-0.1, -0.05) is 0 Å². The third-order valence-electron chi connectivity index (χ3n) is 14.2. The van der Waals surface area contributed by atoms with Crippen molar-refractivity contribution in [2.45, 2.75) is 171 Å². The van der Waals surface area contributed by atoms with E-state index in [-0.39, 0.29) is 57.3 Å². The van der Waals surface area contributed by atoms with Crippen LogP contribution in [0.15, 0.2) is 83.9 Å². The van der Waals surface area contributed by atoms with Crippen molar-refractivity contribution in [1.29, 1.82) is 0 Å². The molecule has 4 aromatic rings. The summed E-state index contributed by atoms with van der Waals surface area (Å²) in [7, 11) is 0. The second-order valence-electron chi connectivity index (χ2n) is 24.9. The first-order valence-electron chi connectivity index (χ1n) is 22.5. The molecule has 1 heterocycles. The van der Waals surface area contributed by atoms with Crippen LogP contribution in [0.1, 0.15) is 184 Å². The average molecular weight is 880 g/mol. The van der Waals surface area contributed by atoms with Crippen molar-refractivity contribution >= 4 is 12.2 Å². The van der Waals surface area contributed by atoms with Crippen molar-refractivity contribution in [2.24, 2.45) is 10.8 Å². The average Bonchev–Trinajstić information content (AvgIpc) is 3.67. The smallest absolute Gasteiger partial charge is 1.00 e. The second-order valence-corrected chi connectivity index (χ2v) is 32.1. The molecule has 0 amide bonds. The summed E-state index contributed by atoms with van der Waals surface area (Å²) in [5, 5.41) is 0. The van der Waals surface area contributed by atoms with Crippen molar-refractivity contribution in [1.82, 2.24) is 0 Å². The van der Waals surface area contributed by atoms with Crippen LogP contribution < -0.4 is 24.8 Å². The zero-order valence-corrected chi connectivity index (χ0v) is 43.7. The molecule has 7 rings (SSSR count). The van der Waals surface area contributed by atoms with E-state index < -0.39 is 16.6 Å². The Morgan fingerprint density at radius 2 is 0.700 bits per heavy atom. The summed E-state index contributed by atoms with van der Waals surface area (Å²) in [4.78, 5) is 0. The number of hydrogen-bond donors (Lipinski definition) is 0. The van der Waals surface area contributed by atoms with Gasteiger partial charge in [0.15, 0.2) is 0 Å². The van der Waals surface area contributed by atoms with E-state index in [0.717, 1.165) is 0 Å². The van der Waals surface area contributed by atoms with Crippen molar-refractivity contribution in [3.05, 3.63) is 128 Å². The van der Waals surface area contributed by atoms with E-state index in [1.807, 2.05) is 0 Å². The molecule has 2 unspecified atom stereocenters. The van der Waals surface area contributed by atoms with E-state index in [4.69, 9.17) is 0 Å². The molecule has 1 fully saturated rings. The largest absolute Gasteiger partial charge is 1.00 e. The van der Waals surface area contributed by atoms with Gasteiger partial charge in [0.25, 0.3) is 0 Å². The summed E-state index contributed by atoms with van der Waals surface area (Å²) in [5.41, 5.74) is 21.4. The van der Waals surface area contributed by atoms with Crippen molar-refractivity contribution in [3.8, 4) is 22.3 Å². The first-order valence-corrected chi connectivity index (χ1v) is 26.6. The van der Waals surface area contributed by atoms with Gasteiger partial charge in [-0.05, 0) is 0 Å². The van der Waals surface area contributed by atoms with Crippen LogP contribution in [-0.4, -0.2) is 0 Å². The fourth-order valence-corrected chi connectivity index (χ4v) is 20.9. The Labute approximate surface area is 383 Å². The maximum Gasteiger partial charge on any atom is -1.00 e. The first kappa shape index (κ1) is 48.7. The summed E-state index contributed by atoms with van der Waals surface area (Å²) in [6.45, 7) is 43.4. The molecule has 0 nitrogen and oxygen atoms in total. The number of hydrogen-bond acceptors (Lipinski definition) is 0. The van der Waals surface area contributed by atoms with Crippen molar-refractivity contribution in [3.63, 3.8) is 0 Å². The molecular weight excluding hydrogens is 803 g/mol. The third kappa shape index (κ3) is 8.77. The topological polar surface area (TPSA) is 0 Å². The van der Waals surface area contributed by atoms with Crippen LogP contribution in [0.3, 0.4) is 0 Å². The predicted octanol–water partition coefficient (Wildman–Crippen LogP) is 11.3. The molecule has 3 heteroatoms. The number of allylic oxidation sites excluding steroid dienone is 2. The number of benzene rings is 4. The molecule has 0 aromatic heterocycles. The minimum Gasteiger partial charge on any atom is -1.00 e. The Kier molecular flexibility index (Phi) is 13.0. The van der Waals surface area contributed by atoms with Crippen molar-refractivity contribution in [2.75, 3.05) is 0 Å². The Hall–Kier alpha value is -2.35. The predicted molar refractivity (Wildman–Crippen MR) is 253 cm³/mol. The summed E-state index contributed by atoms with van der Waals surface area (Å²) < 4.78 is 3.95. The molecule has 1 aliphatic heterocycles. The second kappa shape index (κ2) is 16.0. The molecule has 3 aliphatic rings. The maximum absolute atomic E-state index is 2.83. The van der Waals surface area contributed by atoms with Crippen molar-refractivity contribution < 1.29 is 41.4 Å². The van der Waals surface area contributed by atoms with Crippen LogP contribution in [0.5, 0.6) is 0 Å². The van der Waals surface area contributed by atoms with Crippen LogP contribution in [0.25, 0.3) is 34.4 Å². The Balaban J connectivity index is 0.00000341. The summed E-state index contributed by atoms with van der Waals surface area (Å²) in [6, 6.07) is 29.8. The van der Waals surface area contributed by atoms with Crippen LogP contribution in [0.2, 0.25) is 9.45 Å². The third-order valence-corrected chi connectivity index (χ3v) is 23.8. The van der Waals surface area contributed by atoms with E-state index in [9.17, 15) is 0 Å². The zero-order chi connectivity index (χ0) is 42.8. The van der Waals surface area contributed by atoms with E-state index >= 15 is 0 Å². The molecule has 0 spiro atoms. The monoisotopic (exact) mass is 878 g/mol. The first-order chi connectivity index (χ1) is 26.5. The van der Waals surface area contributed by atoms with Gasteiger partial charge in [0.05, 0.1) is 0 Å². The van der Waals surface area contributed by atoms with Gasteiger partial charge in [-0.25, -0.2) is 0 Å². The zero-order valence-electron chi connectivity index (χ0n) is 40.6. The van der Waals surface area contributed by atoms with Gasteiger partial charge in [-0.3, -0.25) is 0 Å². The summed E-state index contributed by atoms with van der Waals surface area (Å²) >= 11 is -2.83. The van der Waals surface area contributed by atoms with Gasteiger partial charge in [0, 0.05) is 0 Å². The number of halogens is 2. The Morgan fingerprint density at radius 1 is 0.400 bits per heavy atom. The standard InChI is InChI=1S/2C27H35.C3H6.2ClH.Ti/c2*1-25(2,3)20-14-19(15-21(16-20)26(4,5)6)23-12-10-11-18-13-22(17-24(18)23)27(7,8)9;1-3-2;;;/h2*10-17H,1-9H3;1-3H2;2*1H;/q;;;;;+2/p-2. The summed E-state index contributed by atoms with van der Waals surface area (Å²) in [6.07, 6.45) is 6.79. The fraction of sp³-hybridized carbons (Fsp3) is 0.509. The van der Waals surface area contributed by atoms with Gasteiger partial charge in [-0.2, -0.15) is 0 Å². The molecule has 0 radical (unpaired) electrons.